The molecule has 0 amide bonds. The maximum Gasteiger partial charge on any atom is 0.0665 e. The van der Waals surface area contributed by atoms with E-state index < -0.39 is 0 Å². The lowest BCUT2D eigenvalue weighted by molar-refractivity contribution is -0.0813. The minimum absolute atomic E-state index is 0.0172. The van der Waals surface area contributed by atoms with Gasteiger partial charge >= 0.3 is 0 Å². The fraction of sp³-hybridized carbons (Fsp3) is 1.00. The zero-order valence-corrected chi connectivity index (χ0v) is 12.0. The molecule has 1 aliphatic carbocycles. The molecule has 94 valence electrons. The van der Waals surface area contributed by atoms with Gasteiger partial charge in [-0.1, -0.05) is 6.92 Å². The Labute approximate surface area is 105 Å². The zero-order chi connectivity index (χ0) is 12.1. The van der Waals surface area contributed by atoms with E-state index in [2.05, 4.69) is 34.6 Å². The number of hydrogen-bond acceptors (Lipinski definition) is 1. The second-order valence-corrected chi connectivity index (χ2v) is 7.45. The number of ether oxygens (including phenoxy) is 1. The monoisotopic (exact) mass is 244 g/mol. The summed E-state index contributed by atoms with van der Waals surface area (Å²) >= 11 is 6.36. The summed E-state index contributed by atoms with van der Waals surface area (Å²) in [6, 6.07) is 0. The predicted molar refractivity (Wildman–Crippen MR) is 68.9 cm³/mol. The summed E-state index contributed by atoms with van der Waals surface area (Å²) in [5, 5.41) is 0.379. The van der Waals surface area contributed by atoms with Crippen LogP contribution in [0.15, 0.2) is 0 Å². The Bertz CT molecular complexity index is 272. The highest BCUT2D eigenvalue weighted by Gasteiger charge is 2.51. The normalized spacial score (nSPS) is 46.1. The van der Waals surface area contributed by atoms with Gasteiger partial charge in [-0.05, 0) is 64.7 Å². The smallest absolute Gasteiger partial charge is 0.0665 e. The van der Waals surface area contributed by atoms with Crippen molar-refractivity contribution in [3.05, 3.63) is 0 Å². The van der Waals surface area contributed by atoms with E-state index in [0.717, 1.165) is 5.92 Å². The van der Waals surface area contributed by atoms with Gasteiger partial charge in [-0.15, -0.1) is 11.6 Å². The molecule has 0 bridgehead atoms. The molecule has 1 heterocycles. The molecule has 2 rings (SSSR count). The molecule has 16 heavy (non-hydrogen) atoms. The summed E-state index contributed by atoms with van der Waals surface area (Å²) in [5.41, 5.74) is 0.0572. The Morgan fingerprint density at radius 1 is 1.12 bits per heavy atom. The standard InChI is InChI=1S/C14H25ClO/c1-9-10(6-7-12(9)15)11-8-13(2,3)16-14(11,4)5/h9-12H,6-8H2,1-5H3. The summed E-state index contributed by atoms with van der Waals surface area (Å²) in [6.45, 7) is 11.2. The van der Waals surface area contributed by atoms with Crippen LogP contribution in [0, 0.1) is 17.8 Å². The van der Waals surface area contributed by atoms with Gasteiger partial charge in [-0.2, -0.15) is 0 Å². The molecular formula is C14H25ClO. The van der Waals surface area contributed by atoms with E-state index in [-0.39, 0.29) is 11.2 Å². The Morgan fingerprint density at radius 3 is 2.12 bits per heavy atom. The van der Waals surface area contributed by atoms with Crippen LogP contribution in [0.1, 0.15) is 53.9 Å². The van der Waals surface area contributed by atoms with Crippen LogP contribution in [0.3, 0.4) is 0 Å². The van der Waals surface area contributed by atoms with Crippen LogP contribution in [0.5, 0.6) is 0 Å². The van der Waals surface area contributed by atoms with E-state index in [9.17, 15) is 0 Å². The molecule has 2 fully saturated rings. The summed E-state index contributed by atoms with van der Waals surface area (Å²) < 4.78 is 6.20. The minimum atomic E-state index is 0.0172. The fourth-order valence-electron chi connectivity index (χ4n) is 3.99. The Morgan fingerprint density at radius 2 is 1.75 bits per heavy atom. The number of hydrogen-bond donors (Lipinski definition) is 0. The third-order valence-corrected chi connectivity index (χ3v) is 5.30. The highest BCUT2D eigenvalue weighted by molar-refractivity contribution is 6.20. The topological polar surface area (TPSA) is 9.23 Å². The third-order valence-electron chi connectivity index (χ3n) is 4.68. The second kappa shape index (κ2) is 3.88. The van der Waals surface area contributed by atoms with Crippen molar-refractivity contribution in [2.75, 3.05) is 0 Å². The summed E-state index contributed by atoms with van der Waals surface area (Å²) in [6.07, 6.45) is 3.64. The van der Waals surface area contributed by atoms with Gasteiger partial charge in [0.25, 0.3) is 0 Å². The van der Waals surface area contributed by atoms with Crippen molar-refractivity contribution in [1.82, 2.24) is 0 Å². The van der Waals surface area contributed by atoms with Crippen molar-refractivity contribution in [1.29, 1.82) is 0 Å². The van der Waals surface area contributed by atoms with Gasteiger partial charge in [0.1, 0.15) is 0 Å². The van der Waals surface area contributed by atoms with Gasteiger partial charge in [0.05, 0.1) is 11.2 Å². The van der Waals surface area contributed by atoms with Gasteiger partial charge in [0, 0.05) is 5.38 Å². The first-order valence-corrected chi connectivity index (χ1v) is 7.01. The van der Waals surface area contributed by atoms with E-state index in [0.29, 0.717) is 17.2 Å². The molecule has 1 saturated carbocycles. The molecule has 0 aromatic carbocycles. The van der Waals surface area contributed by atoms with Gasteiger partial charge in [-0.3, -0.25) is 0 Å². The SMILES string of the molecule is CC1C(Cl)CCC1C1CC(C)(C)OC1(C)C. The quantitative estimate of drug-likeness (QED) is 0.627. The largest absolute Gasteiger partial charge is 0.369 e. The van der Waals surface area contributed by atoms with E-state index in [1.807, 2.05) is 0 Å². The molecule has 0 N–H and O–H groups in total. The Hall–Kier alpha value is 0.250. The molecule has 0 radical (unpaired) electrons. The summed E-state index contributed by atoms with van der Waals surface area (Å²) in [7, 11) is 0. The Balaban J connectivity index is 2.16. The van der Waals surface area contributed by atoms with Crippen LogP contribution in [0.4, 0.5) is 0 Å². The highest BCUT2D eigenvalue weighted by Crippen LogP contribution is 2.52. The molecule has 0 spiro atoms. The lowest BCUT2D eigenvalue weighted by Crippen LogP contribution is -2.35. The maximum atomic E-state index is 6.36. The zero-order valence-electron chi connectivity index (χ0n) is 11.2. The Kier molecular flexibility index (Phi) is 3.08. The van der Waals surface area contributed by atoms with E-state index in [1.165, 1.54) is 19.3 Å². The second-order valence-electron chi connectivity index (χ2n) is 6.89. The number of rotatable bonds is 1. The van der Waals surface area contributed by atoms with Crippen molar-refractivity contribution < 1.29 is 4.74 Å². The molecule has 0 aromatic heterocycles. The number of alkyl halides is 1. The molecule has 2 heteroatoms. The first kappa shape index (κ1) is 12.7. The molecule has 0 aromatic rings. The average molecular weight is 245 g/mol. The third kappa shape index (κ3) is 2.13. The van der Waals surface area contributed by atoms with Crippen LogP contribution in [-0.2, 0) is 4.74 Å². The van der Waals surface area contributed by atoms with Gasteiger partial charge in [0.2, 0.25) is 0 Å². The molecule has 1 nitrogen and oxygen atoms in total. The van der Waals surface area contributed by atoms with Gasteiger partial charge < -0.3 is 4.74 Å². The van der Waals surface area contributed by atoms with Gasteiger partial charge in [-0.25, -0.2) is 0 Å². The van der Waals surface area contributed by atoms with Crippen molar-refractivity contribution in [2.24, 2.45) is 17.8 Å². The van der Waals surface area contributed by atoms with Crippen molar-refractivity contribution >= 4 is 11.6 Å². The summed E-state index contributed by atoms with van der Waals surface area (Å²) in [5.74, 6) is 2.06. The van der Waals surface area contributed by atoms with E-state index in [4.69, 9.17) is 16.3 Å². The molecule has 4 atom stereocenters. The molecule has 1 saturated heterocycles. The van der Waals surface area contributed by atoms with Crippen LogP contribution in [0.25, 0.3) is 0 Å². The van der Waals surface area contributed by atoms with Crippen molar-refractivity contribution in [2.45, 2.75) is 70.5 Å². The maximum absolute atomic E-state index is 6.36. The molecule has 1 aliphatic heterocycles. The first-order chi connectivity index (χ1) is 7.23. The minimum Gasteiger partial charge on any atom is -0.369 e. The molecular weight excluding hydrogens is 220 g/mol. The van der Waals surface area contributed by atoms with Crippen LogP contribution < -0.4 is 0 Å². The summed E-state index contributed by atoms with van der Waals surface area (Å²) in [4.78, 5) is 0. The molecule has 2 aliphatic rings. The van der Waals surface area contributed by atoms with Gasteiger partial charge in [0.15, 0.2) is 0 Å². The first-order valence-electron chi connectivity index (χ1n) is 6.57. The van der Waals surface area contributed by atoms with Crippen LogP contribution >= 0.6 is 11.6 Å². The van der Waals surface area contributed by atoms with Crippen LogP contribution in [-0.4, -0.2) is 16.6 Å². The average Bonchev–Trinajstić information content (AvgIpc) is 2.52. The van der Waals surface area contributed by atoms with Crippen molar-refractivity contribution in [3.8, 4) is 0 Å². The van der Waals surface area contributed by atoms with Crippen molar-refractivity contribution in [3.63, 3.8) is 0 Å². The number of halogens is 1. The van der Waals surface area contributed by atoms with E-state index in [1.54, 1.807) is 0 Å². The lowest BCUT2D eigenvalue weighted by atomic mass is 9.74. The lowest BCUT2D eigenvalue weighted by Gasteiger charge is -2.33. The molecule has 4 unspecified atom stereocenters. The predicted octanol–water partition coefficient (Wildman–Crippen LogP) is 4.23. The highest BCUT2D eigenvalue weighted by atomic mass is 35.5. The van der Waals surface area contributed by atoms with E-state index >= 15 is 0 Å². The fourth-order valence-corrected chi connectivity index (χ4v) is 4.30. The van der Waals surface area contributed by atoms with Crippen LogP contribution in [0.2, 0.25) is 0 Å².